The molecule has 3 rings (SSSR count). The van der Waals surface area contributed by atoms with Gasteiger partial charge in [-0.05, 0) is 0 Å². The minimum absolute atomic E-state index is 0.310. The third kappa shape index (κ3) is 4.38. The summed E-state index contributed by atoms with van der Waals surface area (Å²) < 4.78 is 2.81. The zero-order valence-corrected chi connectivity index (χ0v) is 14.6. The summed E-state index contributed by atoms with van der Waals surface area (Å²) in [6, 6.07) is 31.9. The molecule has 0 spiro atoms. The molecule has 0 nitrogen and oxygen atoms in total. The first kappa shape index (κ1) is 15.2. The van der Waals surface area contributed by atoms with Gasteiger partial charge in [0.15, 0.2) is 0 Å². The molecule has 0 amide bonds. The number of rotatable bonds is 5. The Hall–Kier alpha value is -1.73. The van der Waals surface area contributed by atoms with E-state index in [0.717, 1.165) is 0 Å². The summed E-state index contributed by atoms with van der Waals surface area (Å²) in [5.41, 5.74) is 1.31. The summed E-state index contributed by atoms with van der Waals surface area (Å²) in [6.45, 7) is 0. The van der Waals surface area contributed by atoms with Crippen LogP contribution in [0.3, 0.4) is 0 Å². The zero-order chi connectivity index (χ0) is 15.0. The first-order valence-corrected chi connectivity index (χ1v) is 9.71. The van der Waals surface area contributed by atoms with Crippen molar-refractivity contribution in [1.29, 1.82) is 0 Å². The first-order chi connectivity index (χ1) is 10.9. The molecule has 0 unspecified atom stereocenters. The van der Waals surface area contributed by atoms with Crippen molar-refractivity contribution >= 4 is 35.7 Å². The summed E-state index contributed by atoms with van der Waals surface area (Å²) in [6.07, 6.45) is 0. The Labute approximate surface area is 142 Å². The van der Waals surface area contributed by atoms with Gasteiger partial charge in [-0.2, -0.15) is 0 Å². The molecule has 0 saturated carbocycles. The average molecular weight is 367 g/mol. The van der Waals surface area contributed by atoms with Crippen LogP contribution in [-0.4, -0.2) is 15.0 Å². The van der Waals surface area contributed by atoms with Gasteiger partial charge in [0.25, 0.3) is 0 Å². The molecular formula is C20H16SSe. The Morgan fingerprint density at radius 3 is 1.86 bits per heavy atom. The number of thioether (sulfide) groups is 1. The van der Waals surface area contributed by atoms with Crippen LogP contribution >= 0.6 is 11.8 Å². The summed E-state index contributed by atoms with van der Waals surface area (Å²) in [7, 11) is 0. The van der Waals surface area contributed by atoms with E-state index in [1.165, 1.54) is 19.4 Å². The fourth-order valence-corrected chi connectivity index (χ4v) is 5.02. The summed E-state index contributed by atoms with van der Waals surface area (Å²) in [4.78, 5) is 1.28. The van der Waals surface area contributed by atoms with Gasteiger partial charge in [0.2, 0.25) is 0 Å². The van der Waals surface area contributed by atoms with Crippen molar-refractivity contribution in [2.24, 2.45) is 0 Å². The van der Waals surface area contributed by atoms with E-state index in [4.69, 9.17) is 0 Å². The van der Waals surface area contributed by atoms with E-state index >= 15 is 0 Å². The van der Waals surface area contributed by atoms with Crippen molar-refractivity contribution in [2.45, 2.75) is 4.90 Å². The monoisotopic (exact) mass is 368 g/mol. The maximum atomic E-state index is 2.30. The fourth-order valence-electron chi connectivity index (χ4n) is 1.99. The molecule has 22 heavy (non-hydrogen) atoms. The van der Waals surface area contributed by atoms with E-state index in [1.54, 1.807) is 11.8 Å². The summed E-state index contributed by atoms with van der Waals surface area (Å²) in [5, 5.41) is 2.30. The van der Waals surface area contributed by atoms with Gasteiger partial charge in [0, 0.05) is 0 Å². The van der Waals surface area contributed by atoms with E-state index < -0.39 is 0 Å². The van der Waals surface area contributed by atoms with Crippen LogP contribution in [0.4, 0.5) is 0 Å². The van der Waals surface area contributed by atoms with Gasteiger partial charge >= 0.3 is 143 Å². The molecule has 0 aliphatic rings. The second-order valence-corrected chi connectivity index (χ2v) is 7.98. The van der Waals surface area contributed by atoms with Crippen LogP contribution < -0.4 is 4.46 Å². The molecule has 108 valence electrons. The zero-order valence-electron chi connectivity index (χ0n) is 12.1. The average Bonchev–Trinajstić information content (AvgIpc) is 2.61. The van der Waals surface area contributed by atoms with Crippen LogP contribution in [0, 0.1) is 0 Å². The normalized spacial score (nSPS) is 11.4. The molecule has 0 bridgehead atoms. The van der Waals surface area contributed by atoms with Crippen molar-refractivity contribution in [3.05, 3.63) is 102 Å². The molecule has 0 aliphatic heterocycles. The van der Waals surface area contributed by atoms with Crippen LogP contribution in [0.1, 0.15) is 5.56 Å². The van der Waals surface area contributed by atoms with Gasteiger partial charge in [0.1, 0.15) is 0 Å². The van der Waals surface area contributed by atoms with Crippen molar-refractivity contribution < 1.29 is 0 Å². The quantitative estimate of drug-likeness (QED) is 0.461. The van der Waals surface area contributed by atoms with Crippen LogP contribution in [0.25, 0.3) is 4.47 Å². The van der Waals surface area contributed by atoms with Gasteiger partial charge in [0.05, 0.1) is 0 Å². The van der Waals surface area contributed by atoms with Crippen LogP contribution in [-0.2, 0) is 0 Å². The van der Waals surface area contributed by atoms with Crippen molar-refractivity contribution in [1.82, 2.24) is 0 Å². The van der Waals surface area contributed by atoms with Gasteiger partial charge < -0.3 is 0 Å². The molecule has 0 atom stereocenters. The third-order valence-corrected chi connectivity index (χ3v) is 6.58. The Bertz CT molecular complexity index is 721. The number of hydrogen-bond acceptors (Lipinski definition) is 1. The second kappa shape index (κ2) is 8.05. The molecule has 0 heterocycles. The van der Waals surface area contributed by atoms with Crippen LogP contribution in [0.5, 0.6) is 0 Å². The predicted molar refractivity (Wildman–Crippen MR) is 98.5 cm³/mol. The standard InChI is InChI=1S/C20H16SSe/c1-4-10-17(11-5-1)20(22-19-14-8-3-9-15-19)16-21-18-12-6-2-7-13-18/h1-16H/b20-16-. The van der Waals surface area contributed by atoms with Crippen molar-refractivity contribution in [2.75, 3.05) is 0 Å². The molecular weight excluding hydrogens is 351 g/mol. The van der Waals surface area contributed by atoms with Crippen molar-refractivity contribution in [3.63, 3.8) is 0 Å². The molecule has 0 radical (unpaired) electrons. The number of benzene rings is 3. The SMILES string of the molecule is C(/Sc1ccccc1)=C(/[Se]c1ccccc1)c1ccccc1. The van der Waals surface area contributed by atoms with Crippen molar-refractivity contribution in [3.8, 4) is 0 Å². The summed E-state index contributed by atoms with van der Waals surface area (Å²) in [5.74, 6) is 0. The Morgan fingerprint density at radius 2 is 1.23 bits per heavy atom. The maximum absolute atomic E-state index is 2.30. The third-order valence-electron chi connectivity index (χ3n) is 3.07. The predicted octanol–water partition coefficient (Wildman–Crippen LogP) is 4.81. The molecule has 0 fully saturated rings. The van der Waals surface area contributed by atoms with E-state index in [2.05, 4.69) is 96.4 Å². The van der Waals surface area contributed by atoms with Gasteiger partial charge in [-0.25, -0.2) is 0 Å². The fraction of sp³-hybridized carbons (Fsp3) is 0. The molecule has 0 saturated heterocycles. The topological polar surface area (TPSA) is 0 Å². The van der Waals surface area contributed by atoms with E-state index in [9.17, 15) is 0 Å². The second-order valence-electron chi connectivity index (χ2n) is 4.69. The Morgan fingerprint density at radius 1 is 0.682 bits per heavy atom. The molecule has 3 aromatic carbocycles. The number of hydrogen-bond donors (Lipinski definition) is 0. The molecule has 3 aromatic rings. The molecule has 0 aromatic heterocycles. The van der Waals surface area contributed by atoms with Crippen LogP contribution in [0.2, 0.25) is 0 Å². The van der Waals surface area contributed by atoms with E-state index in [1.807, 2.05) is 0 Å². The first-order valence-electron chi connectivity index (χ1n) is 7.12. The van der Waals surface area contributed by atoms with E-state index in [-0.39, 0.29) is 0 Å². The van der Waals surface area contributed by atoms with Gasteiger partial charge in [-0.15, -0.1) is 0 Å². The molecule has 0 aliphatic carbocycles. The minimum atomic E-state index is 0.310. The van der Waals surface area contributed by atoms with E-state index in [0.29, 0.717) is 15.0 Å². The molecule has 0 N–H and O–H groups in total. The Balaban J connectivity index is 1.86. The van der Waals surface area contributed by atoms with Gasteiger partial charge in [-0.1, -0.05) is 0 Å². The molecule has 2 heteroatoms. The van der Waals surface area contributed by atoms with Crippen LogP contribution in [0.15, 0.2) is 101 Å². The summed E-state index contributed by atoms with van der Waals surface area (Å²) >= 11 is 2.11. The van der Waals surface area contributed by atoms with Gasteiger partial charge in [-0.3, -0.25) is 0 Å². The Kier molecular flexibility index (Phi) is 5.55.